The summed E-state index contributed by atoms with van der Waals surface area (Å²) in [4.78, 5) is 22.6. The molecule has 0 aliphatic carbocycles. The maximum absolute atomic E-state index is 12.6. The van der Waals surface area contributed by atoms with Gasteiger partial charge in [-0.25, -0.2) is 14.6 Å². The van der Waals surface area contributed by atoms with Gasteiger partial charge in [-0.15, -0.1) is 0 Å². The van der Waals surface area contributed by atoms with Gasteiger partial charge in [0.1, 0.15) is 5.75 Å². The zero-order valence-corrected chi connectivity index (χ0v) is 16.4. The quantitative estimate of drug-likeness (QED) is 0.444. The molecule has 0 spiro atoms. The largest absolute Gasteiger partial charge is 0.493 e. The molecule has 1 atom stereocenters. The zero-order valence-electron chi connectivity index (χ0n) is 15.6. The van der Waals surface area contributed by atoms with Crippen molar-refractivity contribution in [3.05, 3.63) is 57.9 Å². The lowest BCUT2D eigenvalue weighted by Crippen LogP contribution is -2.29. The summed E-state index contributed by atoms with van der Waals surface area (Å²) in [6, 6.07) is 5.06. The molecule has 0 saturated heterocycles. The average Bonchev–Trinajstić information content (AvgIpc) is 3.00. The fraction of sp³-hybridized carbons (Fsp3) is 0.278. The van der Waals surface area contributed by atoms with E-state index in [1.54, 1.807) is 25.1 Å². The number of hydrogen-bond acceptors (Lipinski definition) is 6. The molecule has 1 aromatic carbocycles. The molecule has 2 N–H and O–H groups in total. The summed E-state index contributed by atoms with van der Waals surface area (Å²) in [6.07, 6.45) is 1.28. The first-order valence-corrected chi connectivity index (χ1v) is 10.1. The van der Waals surface area contributed by atoms with Gasteiger partial charge in [0.15, 0.2) is 17.1 Å². The topological polar surface area (TPSA) is 128 Å². The van der Waals surface area contributed by atoms with Crippen molar-refractivity contribution >= 4 is 27.0 Å². The van der Waals surface area contributed by atoms with Gasteiger partial charge < -0.3 is 14.5 Å². The number of ether oxygens (including phenoxy) is 2. The van der Waals surface area contributed by atoms with Gasteiger partial charge in [-0.05, 0) is 30.7 Å². The number of benzene rings is 1. The van der Waals surface area contributed by atoms with Crippen LogP contribution in [-0.4, -0.2) is 47.0 Å². The Morgan fingerprint density at radius 2 is 2.10 bits per heavy atom. The summed E-state index contributed by atoms with van der Waals surface area (Å²) >= 11 is 0. The van der Waals surface area contributed by atoms with Gasteiger partial charge in [0.2, 0.25) is 5.69 Å². The van der Waals surface area contributed by atoms with Crippen molar-refractivity contribution in [3.63, 3.8) is 0 Å². The Hall–Kier alpha value is -3.36. The predicted octanol–water partition coefficient (Wildman–Crippen LogP) is 2.16. The summed E-state index contributed by atoms with van der Waals surface area (Å²) in [7, 11) is -2.99. The standard InChI is InChI=1S/C18H18N4O6S/c1-4-28-16-7-11(5-6-15(16)27-3)14(10-29(24,25)26)22-17-13(21-18(22)23)8-12(19-2)9-20-17/h5-9,14H,4,10H2,1,3H3,(H,21,23)(H,24,25,26)/t14-/m1/s1. The highest BCUT2D eigenvalue weighted by Gasteiger charge is 2.26. The van der Waals surface area contributed by atoms with Crippen molar-refractivity contribution in [1.29, 1.82) is 0 Å². The van der Waals surface area contributed by atoms with Crippen molar-refractivity contribution in [2.45, 2.75) is 13.0 Å². The van der Waals surface area contributed by atoms with Crippen LogP contribution in [0.15, 0.2) is 35.3 Å². The first-order valence-electron chi connectivity index (χ1n) is 8.51. The second kappa shape index (κ2) is 7.94. The minimum Gasteiger partial charge on any atom is -0.493 e. The fourth-order valence-electron chi connectivity index (χ4n) is 3.04. The van der Waals surface area contributed by atoms with Crippen molar-refractivity contribution in [2.75, 3.05) is 19.5 Å². The maximum atomic E-state index is 12.6. The number of fused-ring (bicyclic) bond motifs is 1. The fourth-order valence-corrected chi connectivity index (χ4v) is 3.78. The van der Waals surface area contributed by atoms with E-state index in [2.05, 4.69) is 14.8 Å². The highest BCUT2D eigenvalue weighted by atomic mass is 32.2. The molecule has 29 heavy (non-hydrogen) atoms. The summed E-state index contributed by atoms with van der Waals surface area (Å²) in [5.41, 5.74) is 0.426. The Labute approximate surface area is 166 Å². The van der Waals surface area contributed by atoms with Crippen LogP contribution in [0.25, 0.3) is 16.0 Å². The molecule has 0 amide bonds. The van der Waals surface area contributed by atoms with Crippen LogP contribution in [0.1, 0.15) is 18.5 Å². The van der Waals surface area contributed by atoms with Crippen molar-refractivity contribution in [2.24, 2.45) is 0 Å². The molecule has 152 valence electrons. The zero-order chi connectivity index (χ0) is 21.2. The summed E-state index contributed by atoms with van der Waals surface area (Å²) in [5, 5.41) is 0. The van der Waals surface area contributed by atoms with E-state index in [0.717, 1.165) is 4.57 Å². The predicted molar refractivity (Wildman–Crippen MR) is 105 cm³/mol. The van der Waals surface area contributed by atoms with Crippen LogP contribution in [0.3, 0.4) is 0 Å². The molecular formula is C18H18N4O6S. The first-order chi connectivity index (χ1) is 13.8. The molecule has 0 radical (unpaired) electrons. The highest BCUT2D eigenvalue weighted by molar-refractivity contribution is 7.85. The minimum atomic E-state index is -4.46. The number of aromatic amines is 1. The Balaban J connectivity index is 2.24. The smallest absolute Gasteiger partial charge is 0.328 e. The Kier molecular flexibility index (Phi) is 5.58. The number of imidazole rings is 1. The average molecular weight is 418 g/mol. The third kappa shape index (κ3) is 4.23. The van der Waals surface area contributed by atoms with E-state index < -0.39 is 27.6 Å². The highest BCUT2D eigenvalue weighted by Crippen LogP contribution is 2.32. The van der Waals surface area contributed by atoms with Crippen LogP contribution in [0.4, 0.5) is 5.69 Å². The first kappa shape index (κ1) is 20.4. The van der Waals surface area contributed by atoms with E-state index in [9.17, 15) is 17.8 Å². The van der Waals surface area contributed by atoms with E-state index in [4.69, 9.17) is 16.0 Å². The van der Waals surface area contributed by atoms with Crippen LogP contribution in [0.5, 0.6) is 11.5 Å². The summed E-state index contributed by atoms with van der Waals surface area (Å²) in [5.74, 6) is 0.0422. The van der Waals surface area contributed by atoms with Crippen LogP contribution < -0.4 is 15.2 Å². The molecule has 0 aliphatic rings. The minimum absolute atomic E-state index is 0.157. The number of rotatable bonds is 7. The molecule has 0 fully saturated rings. The van der Waals surface area contributed by atoms with Gasteiger partial charge in [-0.1, -0.05) is 6.07 Å². The van der Waals surface area contributed by atoms with Crippen LogP contribution >= 0.6 is 0 Å². The number of nitrogens with one attached hydrogen (secondary N) is 1. The molecule has 11 heteroatoms. The molecule has 3 rings (SSSR count). The maximum Gasteiger partial charge on any atom is 0.328 e. The van der Waals surface area contributed by atoms with Gasteiger partial charge in [-0.3, -0.25) is 9.12 Å². The number of nitrogens with zero attached hydrogens (tertiary/aromatic N) is 3. The molecule has 3 aromatic rings. The van der Waals surface area contributed by atoms with Crippen molar-refractivity contribution in [1.82, 2.24) is 14.5 Å². The van der Waals surface area contributed by atoms with Gasteiger partial charge in [0, 0.05) is 6.20 Å². The van der Waals surface area contributed by atoms with Crippen LogP contribution in [0.2, 0.25) is 0 Å². The van der Waals surface area contributed by atoms with E-state index in [0.29, 0.717) is 23.7 Å². The second-order valence-electron chi connectivity index (χ2n) is 6.08. The van der Waals surface area contributed by atoms with Crippen molar-refractivity contribution < 1.29 is 22.4 Å². The van der Waals surface area contributed by atoms with E-state index in [1.807, 2.05) is 0 Å². The van der Waals surface area contributed by atoms with Gasteiger partial charge in [0.25, 0.3) is 10.1 Å². The number of aromatic nitrogens is 3. The van der Waals surface area contributed by atoms with Crippen LogP contribution in [-0.2, 0) is 10.1 Å². The molecule has 10 nitrogen and oxygen atoms in total. The molecule has 0 saturated carbocycles. The Bertz CT molecular complexity index is 1260. The number of methoxy groups -OCH3 is 1. The monoisotopic (exact) mass is 418 g/mol. The molecule has 2 heterocycles. The van der Waals surface area contributed by atoms with E-state index >= 15 is 0 Å². The van der Waals surface area contributed by atoms with Gasteiger partial charge >= 0.3 is 5.69 Å². The second-order valence-corrected chi connectivity index (χ2v) is 7.58. The third-order valence-corrected chi connectivity index (χ3v) is 4.96. The number of hydrogen-bond donors (Lipinski definition) is 2. The van der Waals surface area contributed by atoms with Crippen LogP contribution in [0, 0.1) is 6.57 Å². The molecule has 0 unspecified atom stereocenters. The Morgan fingerprint density at radius 1 is 1.34 bits per heavy atom. The van der Waals surface area contributed by atoms with Gasteiger partial charge in [0.05, 0.1) is 31.8 Å². The normalized spacial score (nSPS) is 12.5. The SMILES string of the molecule is [C-]#[N+]c1cnc2c(c1)[nH]c(=O)n2[C@H](CS(=O)(=O)O)c1ccc(OC)c(OCC)c1. The summed E-state index contributed by atoms with van der Waals surface area (Å²) in [6.45, 7) is 9.19. The summed E-state index contributed by atoms with van der Waals surface area (Å²) < 4.78 is 44.8. The lowest BCUT2D eigenvalue weighted by Gasteiger charge is -2.19. The number of H-pyrrole nitrogens is 1. The number of pyridine rings is 1. The molecule has 0 aliphatic heterocycles. The third-order valence-electron chi connectivity index (χ3n) is 4.22. The lowest BCUT2D eigenvalue weighted by molar-refractivity contribution is 0.310. The molecule has 0 bridgehead atoms. The molecular weight excluding hydrogens is 400 g/mol. The van der Waals surface area contributed by atoms with Gasteiger partial charge in [-0.2, -0.15) is 8.42 Å². The van der Waals surface area contributed by atoms with E-state index in [1.165, 1.54) is 19.4 Å². The van der Waals surface area contributed by atoms with Crippen molar-refractivity contribution in [3.8, 4) is 11.5 Å². The Morgan fingerprint density at radius 3 is 2.72 bits per heavy atom. The van der Waals surface area contributed by atoms with E-state index in [-0.39, 0.29) is 16.9 Å². The molecule has 2 aromatic heterocycles. The lowest BCUT2D eigenvalue weighted by atomic mass is 10.1.